The van der Waals surface area contributed by atoms with Crippen molar-refractivity contribution in [2.75, 3.05) is 6.54 Å². The number of para-hydroxylation sites is 1. The summed E-state index contributed by atoms with van der Waals surface area (Å²) < 4.78 is 13.4. The fourth-order valence-electron chi connectivity index (χ4n) is 2.88. The van der Waals surface area contributed by atoms with E-state index in [4.69, 9.17) is 15.2 Å². The molecule has 4 heteroatoms. The fraction of sp³-hybridized carbons (Fsp3) is 0.625. The highest BCUT2D eigenvalue weighted by atomic mass is 79.9. The lowest BCUT2D eigenvalue weighted by Gasteiger charge is -2.28. The number of nitrogens with two attached hydrogens (primary N) is 1. The Labute approximate surface area is 130 Å². The van der Waals surface area contributed by atoms with Crippen LogP contribution in [0.4, 0.5) is 0 Å². The van der Waals surface area contributed by atoms with Gasteiger partial charge in [0.15, 0.2) is 0 Å². The van der Waals surface area contributed by atoms with E-state index in [-0.39, 0.29) is 17.3 Å². The summed E-state index contributed by atoms with van der Waals surface area (Å²) in [6, 6.07) is 6.09. The van der Waals surface area contributed by atoms with Gasteiger partial charge in [0.1, 0.15) is 17.5 Å². The van der Waals surface area contributed by atoms with E-state index in [9.17, 15) is 0 Å². The number of ether oxygens (including phenoxy) is 2. The molecule has 1 atom stereocenters. The van der Waals surface area contributed by atoms with Crippen LogP contribution in [0.5, 0.6) is 5.75 Å². The average molecular weight is 342 g/mol. The van der Waals surface area contributed by atoms with Crippen molar-refractivity contribution in [2.24, 2.45) is 5.73 Å². The smallest absolute Gasteiger partial charge is 0.137 e. The molecule has 3 nitrogen and oxygen atoms in total. The molecule has 0 spiro atoms. The van der Waals surface area contributed by atoms with Crippen molar-refractivity contribution < 1.29 is 9.47 Å². The van der Waals surface area contributed by atoms with Gasteiger partial charge in [-0.1, -0.05) is 12.1 Å². The van der Waals surface area contributed by atoms with E-state index in [2.05, 4.69) is 49.7 Å². The molecule has 0 aliphatic carbocycles. The highest BCUT2D eigenvalue weighted by Crippen LogP contribution is 2.41. The van der Waals surface area contributed by atoms with E-state index in [1.807, 2.05) is 12.1 Å². The normalized spacial score (nSPS) is 23.8. The molecule has 1 fully saturated rings. The third-order valence-corrected chi connectivity index (χ3v) is 4.34. The Kier molecular flexibility index (Phi) is 4.47. The molecule has 1 saturated heterocycles. The summed E-state index contributed by atoms with van der Waals surface area (Å²) in [5, 5.41) is 0. The van der Waals surface area contributed by atoms with Gasteiger partial charge >= 0.3 is 0 Å². The molecule has 1 heterocycles. The topological polar surface area (TPSA) is 44.5 Å². The van der Waals surface area contributed by atoms with E-state index in [0.717, 1.165) is 28.6 Å². The van der Waals surface area contributed by atoms with Crippen molar-refractivity contribution in [3.05, 3.63) is 28.2 Å². The van der Waals surface area contributed by atoms with Gasteiger partial charge in [0.05, 0.1) is 10.1 Å². The first kappa shape index (κ1) is 15.8. The van der Waals surface area contributed by atoms with E-state index < -0.39 is 0 Å². The molecule has 2 N–H and O–H groups in total. The second kappa shape index (κ2) is 5.66. The third-order valence-electron chi connectivity index (χ3n) is 3.71. The minimum atomic E-state index is -0.293. The second-order valence-corrected chi connectivity index (χ2v) is 7.40. The van der Waals surface area contributed by atoms with Gasteiger partial charge in [0.2, 0.25) is 0 Å². The van der Waals surface area contributed by atoms with Gasteiger partial charge in [-0.25, -0.2) is 0 Å². The predicted octanol–water partition coefficient (Wildman–Crippen LogP) is 3.68. The van der Waals surface area contributed by atoms with Gasteiger partial charge in [0, 0.05) is 6.42 Å². The molecule has 2 rings (SSSR count). The van der Waals surface area contributed by atoms with Gasteiger partial charge in [-0.3, -0.25) is 0 Å². The molecule has 0 saturated carbocycles. The number of hydrogen-bond donors (Lipinski definition) is 1. The monoisotopic (exact) mass is 341 g/mol. The van der Waals surface area contributed by atoms with Gasteiger partial charge in [-0.2, -0.15) is 0 Å². The molecule has 1 aromatic rings. The minimum Gasteiger partial charge on any atom is -0.486 e. The Hall–Kier alpha value is -0.580. The average Bonchev–Trinajstić information content (AvgIpc) is 2.51. The van der Waals surface area contributed by atoms with Crippen LogP contribution in [0.15, 0.2) is 22.7 Å². The summed E-state index contributed by atoms with van der Waals surface area (Å²) in [5.41, 5.74) is 6.39. The summed E-state index contributed by atoms with van der Waals surface area (Å²) in [5.74, 6) is 0.900. The quantitative estimate of drug-likeness (QED) is 0.908. The first-order chi connectivity index (χ1) is 9.25. The van der Waals surface area contributed by atoms with Crippen molar-refractivity contribution in [2.45, 2.75) is 57.8 Å². The van der Waals surface area contributed by atoms with Crippen LogP contribution in [-0.4, -0.2) is 23.9 Å². The SMILES string of the molecule is CC1(C)CC(Oc2c(Br)cccc2CCN)C(C)(C)O1. The van der Waals surface area contributed by atoms with Crippen molar-refractivity contribution >= 4 is 15.9 Å². The van der Waals surface area contributed by atoms with Crippen molar-refractivity contribution in [3.8, 4) is 5.75 Å². The number of halogens is 1. The van der Waals surface area contributed by atoms with Crippen LogP contribution in [0.2, 0.25) is 0 Å². The predicted molar refractivity (Wildman–Crippen MR) is 85.2 cm³/mol. The molecular formula is C16H24BrNO2. The van der Waals surface area contributed by atoms with Gasteiger partial charge in [0.25, 0.3) is 0 Å². The first-order valence-corrected chi connectivity index (χ1v) is 7.89. The first-order valence-electron chi connectivity index (χ1n) is 7.09. The zero-order valence-corrected chi connectivity index (χ0v) is 14.3. The Bertz CT molecular complexity index is 485. The van der Waals surface area contributed by atoms with E-state index >= 15 is 0 Å². The van der Waals surface area contributed by atoms with Crippen LogP contribution in [-0.2, 0) is 11.2 Å². The molecular weight excluding hydrogens is 318 g/mol. The van der Waals surface area contributed by atoms with Gasteiger partial charge in [-0.05, 0) is 68.2 Å². The molecule has 1 aliphatic heterocycles. The molecule has 0 bridgehead atoms. The lowest BCUT2D eigenvalue weighted by atomic mass is 9.97. The van der Waals surface area contributed by atoms with E-state index in [1.54, 1.807) is 0 Å². The molecule has 1 unspecified atom stereocenters. The van der Waals surface area contributed by atoms with Gasteiger partial charge in [-0.15, -0.1) is 0 Å². The second-order valence-electron chi connectivity index (χ2n) is 6.54. The highest BCUT2D eigenvalue weighted by molar-refractivity contribution is 9.10. The lowest BCUT2D eigenvalue weighted by molar-refractivity contribution is -0.0847. The summed E-state index contributed by atoms with van der Waals surface area (Å²) >= 11 is 3.58. The van der Waals surface area contributed by atoms with Gasteiger partial charge < -0.3 is 15.2 Å². The number of benzene rings is 1. The highest BCUT2D eigenvalue weighted by Gasteiger charge is 2.47. The van der Waals surface area contributed by atoms with Crippen LogP contribution >= 0.6 is 15.9 Å². The number of hydrogen-bond acceptors (Lipinski definition) is 3. The van der Waals surface area contributed by atoms with E-state index in [0.29, 0.717) is 6.54 Å². The molecule has 1 aromatic carbocycles. The van der Waals surface area contributed by atoms with Crippen LogP contribution in [0.25, 0.3) is 0 Å². The standard InChI is InChI=1S/C16H24BrNO2/c1-15(2)10-13(16(3,4)20-15)19-14-11(8-9-18)6-5-7-12(14)17/h5-7,13H,8-10,18H2,1-4H3. The van der Waals surface area contributed by atoms with Crippen LogP contribution in [0, 0.1) is 0 Å². The molecule has 112 valence electrons. The Morgan fingerprint density at radius 3 is 2.60 bits per heavy atom. The molecule has 20 heavy (non-hydrogen) atoms. The largest absolute Gasteiger partial charge is 0.486 e. The summed E-state index contributed by atoms with van der Waals surface area (Å²) in [7, 11) is 0. The Balaban J connectivity index is 2.26. The Morgan fingerprint density at radius 2 is 2.05 bits per heavy atom. The summed E-state index contributed by atoms with van der Waals surface area (Å²) in [4.78, 5) is 0. The molecule has 0 amide bonds. The number of rotatable bonds is 4. The summed E-state index contributed by atoms with van der Waals surface area (Å²) in [6.07, 6.45) is 1.72. The van der Waals surface area contributed by atoms with E-state index in [1.165, 1.54) is 0 Å². The van der Waals surface area contributed by atoms with Crippen LogP contribution < -0.4 is 10.5 Å². The lowest BCUT2D eigenvalue weighted by Crippen LogP contribution is -2.37. The third kappa shape index (κ3) is 3.35. The molecule has 0 aromatic heterocycles. The maximum Gasteiger partial charge on any atom is 0.137 e. The maximum absolute atomic E-state index is 6.31. The van der Waals surface area contributed by atoms with Crippen molar-refractivity contribution in [1.82, 2.24) is 0 Å². The zero-order valence-electron chi connectivity index (χ0n) is 12.7. The van der Waals surface area contributed by atoms with Crippen LogP contribution in [0.1, 0.15) is 39.7 Å². The maximum atomic E-state index is 6.31. The molecule has 0 radical (unpaired) electrons. The minimum absolute atomic E-state index is 0.0349. The van der Waals surface area contributed by atoms with Crippen molar-refractivity contribution in [3.63, 3.8) is 0 Å². The summed E-state index contributed by atoms with van der Waals surface area (Å²) in [6.45, 7) is 9.01. The molecule has 1 aliphatic rings. The zero-order chi connectivity index (χ0) is 15.0. The van der Waals surface area contributed by atoms with Crippen molar-refractivity contribution in [1.29, 1.82) is 0 Å². The fourth-order valence-corrected chi connectivity index (χ4v) is 3.38. The Morgan fingerprint density at radius 1 is 1.35 bits per heavy atom. The van der Waals surface area contributed by atoms with Crippen LogP contribution in [0.3, 0.4) is 0 Å².